The van der Waals surface area contributed by atoms with Crippen LogP contribution in [0.5, 0.6) is 5.75 Å². The van der Waals surface area contributed by atoms with Gasteiger partial charge in [-0.1, -0.05) is 64.8 Å². The van der Waals surface area contributed by atoms with Gasteiger partial charge in [-0.2, -0.15) is 0 Å². The van der Waals surface area contributed by atoms with Crippen LogP contribution in [0.4, 0.5) is 0 Å². The molecule has 0 aliphatic carbocycles. The first kappa shape index (κ1) is 23.0. The highest BCUT2D eigenvalue weighted by Crippen LogP contribution is 2.34. The van der Waals surface area contributed by atoms with Gasteiger partial charge >= 0.3 is 0 Å². The standard InChI is InChI=1S/C23H30ClNO4/c1-6-7-11-28-20-19(26)18(15(2)23(3,4)5)14-29-21(20)22(27)25-13-16-9-8-10-17(24)12-16/h8-10,12,14-15H,6-7,11,13H2,1-5H3,(H,25,27). The van der Waals surface area contributed by atoms with Crippen LogP contribution in [-0.2, 0) is 6.54 Å². The Labute approximate surface area is 177 Å². The van der Waals surface area contributed by atoms with Gasteiger partial charge in [-0.25, -0.2) is 0 Å². The summed E-state index contributed by atoms with van der Waals surface area (Å²) in [6.07, 6.45) is 3.08. The van der Waals surface area contributed by atoms with Crippen molar-refractivity contribution in [3.8, 4) is 5.75 Å². The fourth-order valence-electron chi connectivity index (χ4n) is 2.74. The van der Waals surface area contributed by atoms with Crippen molar-refractivity contribution >= 4 is 17.5 Å². The third-order valence-electron chi connectivity index (χ3n) is 5.04. The summed E-state index contributed by atoms with van der Waals surface area (Å²) >= 11 is 5.99. The normalized spacial score (nSPS) is 12.5. The molecular formula is C23H30ClNO4. The van der Waals surface area contributed by atoms with Crippen LogP contribution in [0, 0.1) is 5.41 Å². The Hall–Kier alpha value is -2.27. The zero-order chi connectivity index (χ0) is 21.6. The minimum absolute atomic E-state index is 0.0179. The van der Waals surface area contributed by atoms with Crippen LogP contribution in [0.2, 0.25) is 5.02 Å². The molecule has 158 valence electrons. The molecule has 2 aromatic rings. The molecular weight excluding hydrogens is 390 g/mol. The topological polar surface area (TPSA) is 68.5 Å². The van der Waals surface area contributed by atoms with E-state index < -0.39 is 5.91 Å². The van der Waals surface area contributed by atoms with Crippen molar-refractivity contribution in [1.82, 2.24) is 5.32 Å². The average Bonchev–Trinajstić information content (AvgIpc) is 2.66. The summed E-state index contributed by atoms with van der Waals surface area (Å²) in [5.74, 6) is -0.673. The van der Waals surface area contributed by atoms with Crippen LogP contribution in [0.15, 0.2) is 39.7 Å². The maximum atomic E-state index is 13.1. The number of unbranched alkanes of at least 4 members (excludes halogenated alkanes) is 1. The molecule has 1 heterocycles. The van der Waals surface area contributed by atoms with Crippen LogP contribution in [0.1, 0.15) is 75.1 Å². The van der Waals surface area contributed by atoms with E-state index in [0.29, 0.717) is 17.2 Å². The highest BCUT2D eigenvalue weighted by molar-refractivity contribution is 6.30. The Kier molecular flexibility index (Phi) is 7.91. The summed E-state index contributed by atoms with van der Waals surface area (Å²) in [4.78, 5) is 25.8. The van der Waals surface area contributed by atoms with E-state index in [-0.39, 0.29) is 34.8 Å². The van der Waals surface area contributed by atoms with Gasteiger partial charge in [0.2, 0.25) is 16.9 Å². The Balaban J connectivity index is 2.32. The van der Waals surface area contributed by atoms with Crippen LogP contribution < -0.4 is 15.5 Å². The Morgan fingerprint density at radius 1 is 1.31 bits per heavy atom. The number of hydrogen-bond donors (Lipinski definition) is 1. The van der Waals surface area contributed by atoms with Gasteiger partial charge in [-0.05, 0) is 35.4 Å². The molecule has 1 unspecified atom stereocenters. The lowest BCUT2D eigenvalue weighted by Crippen LogP contribution is -2.28. The summed E-state index contributed by atoms with van der Waals surface area (Å²) < 4.78 is 11.3. The molecule has 0 aliphatic rings. The average molecular weight is 420 g/mol. The zero-order valence-electron chi connectivity index (χ0n) is 17.8. The molecule has 5 nitrogen and oxygen atoms in total. The molecule has 6 heteroatoms. The number of benzene rings is 1. The molecule has 0 spiro atoms. The molecule has 0 bridgehead atoms. The Bertz CT molecular complexity index is 898. The summed E-state index contributed by atoms with van der Waals surface area (Å²) in [6, 6.07) is 7.20. The van der Waals surface area contributed by atoms with Gasteiger partial charge in [0.1, 0.15) is 0 Å². The fraction of sp³-hybridized carbons (Fsp3) is 0.478. The van der Waals surface area contributed by atoms with Gasteiger partial charge in [-0.3, -0.25) is 9.59 Å². The lowest BCUT2D eigenvalue weighted by molar-refractivity contribution is 0.0912. The SMILES string of the molecule is CCCCOc1c(C(=O)NCc2cccc(Cl)c2)occ(C(C)C(C)(C)C)c1=O. The molecule has 0 radical (unpaired) electrons. The first-order valence-electron chi connectivity index (χ1n) is 9.96. The molecule has 29 heavy (non-hydrogen) atoms. The maximum absolute atomic E-state index is 13.1. The minimum atomic E-state index is -0.497. The Morgan fingerprint density at radius 2 is 2.03 bits per heavy atom. The number of carbonyl (C=O) groups is 1. The third-order valence-corrected chi connectivity index (χ3v) is 5.27. The molecule has 2 rings (SSSR count). The van der Waals surface area contributed by atoms with Crippen molar-refractivity contribution in [2.75, 3.05) is 6.61 Å². The van der Waals surface area contributed by atoms with Gasteiger partial charge in [0.15, 0.2) is 0 Å². The lowest BCUT2D eigenvalue weighted by Gasteiger charge is -2.27. The van der Waals surface area contributed by atoms with Gasteiger partial charge in [0.25, 0.3) is 5.91 Å². The number of nitrogens with one attached hydrogen (secondary N) is 1. The summed E-state index contributed by atoms with van der Waals surface area (Å²) in [5.41, 5.74) is 0.934. The van der Waals surface area contributed by atoms with Crippen molar-refractivity contribution in [2.45, 2.75) is 59.9 Å². The predicted molar refractivity (Wildman–Crippen MR) is 116 cm³/mol. The molecule has 1 aromatic heterocycles. The summed E-state index contributed by atoms with van der Waals surface area (Å²) in [6.45, 7) is 10.8. The highest BCUT2D eigenvalue weighted by Gasteiger charge is 2.29. The van der Waals surface area contributed by atoms with Crippen LogP contribution in [0.3, 0.4) is 0 Å². The van der Waals surface area contributed by atoms with E-state index in [2.05, 4.69) is 26.1 Å². The fourth-order valence-corrected chi connectivity index (χ4v) is 2.96. The molecule has 1 amide bonds. The number of ether oxygens (including phenoxy) is 1. The summed E-state index contributed by atoms with van der Waals surface area (Å²) in [7, 11) is 0. The number of carbonyl (C=O) groups excluding carboxylic acids is 1. The molecule has 0 saturated heterocycles. The van der Waals surface area contributed by atoms with Crippen molar-refractivity contribution in [2.24, 2.45) is 5.41 Å². The second-order valence-corrected chi connectivity index (χ2v) is 8.72. The van der Waals surface area contributed by atoms with Gasteiger partial charge in [0.05, 0.1) is 12.9 Å². The van der Waals surface area contributed by atoms with Crippen molar-refractivity contribution in [1.29, 1.82) is 0 Å². The van der Waals surface area contributed by atoms with Crippen molar-refractivity contribution in [3.63, 3.8) is 0 Å². The molecule has 0 saturated carbocycles. The highest BCUT2D eigenvalue weighted by atomic mass is 35.5. The van der Waals surface area contributed by atoms with E-state index in [4.69, 9.17) is 20.8 Å². The smallest absolute Gasteiger partial charge is 0.291 e. The number of rotatable bonds is 8. The second kappa shape index (κ2) is 9.97. The van der Waals surface area contributed by atoms with Crippen LogP contribution in [0.25, 0.3) is 0 Å². The van der Waals surface area contributed by atoms with Gasteiger partial charge in [-0.15, -0.1) is 0 Å². The predicted octanol–water partition coefficient (Wildman–Crippen LogP) is 5.55. The zero-order valence-corrected chi connectivity index (χ0v) is 18.6. The molecule has 0 aliphatic heterocycles. The van der Waals surface area contributed by atoms with Gasteiger partial charge in [0, 0.05) is 17.1 Å². The van der Waals surface area contributed by atoms with Crippen molar-refractivity contribution in [3.05, 3.63) is 62.7 Å². The van der Waals surface area contributed by atoms with Crippen LogP contribution >= 0.6 is 11.6 Å². The van der Waals surface area contributed by atoms with E-state index in [1.807, 2.05) is 26.0 Å². The molecule has 1 atom stereocenters. The van der Waals surface area contributed by atoms with E-state index >= 15 is 0 Å². The first-order valence-corrected chi connectivity index (χ1v) is 10.3. The van der Waals surface area contributed by atoms with E-state index in [0.717, 1.165) is 18.4 Å². The monoisotopic (exact) mass is 419 g/mol. The largest absolute Gasteiger partial charge is 0.486 e. The second-order valence-electron chi connectivity index (χ2n) is 8.28. The lowest BCUT2D eigenvalue weighted by atomic mass is 9.78. The third kappa shape index (κ3) is 6.10. The van der Waals surface area contributed by atoms with Crippen molar-refractivity contribution < 1.29 is 13.9 Å². The van der Waals surface area contributed by atoms with Gasteiger partial charge < -0.3 is 14.5 Å². The Morgan fingerprint density at radius 3 is 2.66 bits per heavy atom. The molecule has 1 N–H and O–H groups in total. The quantitative estimate of drug-likeness (QED) is 0.569. The number of halogens is 1. The number of hydrogen-bond acceptors (Lipinski definition) is 4. The first-order chi connectivity index (χ1) is 13.6. The van der Waals surface area contributed by atoms with Crippen LogP contribution in [-0.4, -0.2) is 12.5 Å². The van der Waals surface area contributed by atoms with E-state index in [9.17, 15) is 9.59 Å². The summed E-state index contributed by atoms with van der Waals surface area (Å²) in [5, 5.41) is 3.36. The number of amides is 1. The molecule has 0 fully saturated rings. The van der Waals surface area contributed by atoms with E-state index in [1.54, 1.807) is 12.1 Å². The van der Waals surface area contributed by atoms with E-state index in [1.165, 1.54) is 6.26 Å². The maximum Gasteiger partial charge on any atom is 0.291 e. The molecule has 1 aromatic carbocycles. The minimum Gasteiger partial charge on any atom is -0.486 e.